The highest BCUT2D eigenvalue weighted by Gasteiger charge is 2.05. The van der Waals surface area contributed by atoms with E-state index < -0.39 is 0 Å². The summed E-state index contributed by atoms with van der Waals surface area (Å²) >= 11 is 0. The van der Waals surface area contributed by atoms with Crippen molar-refractivity contribution in [1.29, 1.82) is 5.26 Å². The summed E-state index contributed by atoms with van der Waals surface area (Å²) in [5.41, 5.74) is 7.52. The molecular formula is C13H14N4. The Balaban J connectivity index is 1.91. The molecule has 2 rings (SSSR count). The minimum Gasteiger partial charge on any atom is -0.383 e. The number of aryl methyl sites for hydroxylation is 2. The lowest BCUT2D eigenvalue weighted by molar-refractivity contribution is 0.586. The molecule has 2 aromatic rings. The first kappa shape index (κ1) is 11.2. The Morgan fingerprint density at radius 2 is 2.06 bits per heavy atom. The number of aromatic nitrogens is 2. The Morgan fingerprint density at radius 3 is 2.71 bits per heavy atom. The van der Waals surface area contributed by atoms with Crippen molar-refractivity contribution in [2.75, 3.05) is 5.73 Å². The van der Waals surface area contributed by atoms with E-state index in [1.54, 1.807) is 4.68 Å². The van der Waals surface area contributed by atoms with E-state index in [0.717, 1.165) is 19.4 Å². The van der Waals surface area contributed by atoms with Gasteiger partial charge in [0.1, 0.15) is 17.5 Å². The third kappa shape index (κ3) is 2.64. The number of hydrogen-bond donors (Lipinski definition) is 1. The number of nitrogens with two attached hydrogens (primary N) is 1. The maximum absolute atomic E-state index is 8.75. The molecule has 0 fully saturated rings. The van der Waals surface area contributed by atoms with Gasteiger partial charge in [-0.2, -0.15) is 10.4 Å². The zero-order chi connectivity index (χ0) is 12.1. The molecule has 0 aliphatic rings. The van der Waals surface area contributed by atoms with Crippen molar-refractivity contribution in [1.82, 2.24) is 9.78 Å². The fourth-order valence-electron chi connectivity index (χ4n) is 1.74. The second-order valence-corrected chi connectivity index (χ2v) is 3.87. The molecule has 0 amide bonds. The molecule has 4 heteroatoms. The lowest BCUT2D eigenvalue weighted by Crippen LogP contribution is -2.06. The van der Waals surface area contributed by atoms with Crippen LogP contribution >= 0.6 is 0 Å². The maximum Gasteiger partial charge on any atom is 0.139 e. The lowest BCUT2D eigenvalue weighted by atomic mass is 10.1. The molecule has 0 saturated heterocycles. The van der Waals surface area contributed by atoms with Crippen LogP contribution in [0.4, 0.5) is 5.82 Å². The zero-order valence-electron chi connectivity index (χ0n) is 9.50. The summed E-state index contributed by atoms with van der Waals surface area (Å²) in [6.45, 7) is 0.738. The van der Waals surface area contributed by atoms with Gasteiger partial charge >= 0.3 is 0 Å². The van der Waals surface area contributed by atoms with Crippen LogP contribution in [0.2, 0.25) is 0 Å². The number of benzene rings is 1. The van der Waals surface area contributed by atoms with E-state index in [2.05, 4.69) is 17.2 Å². The first-order valence-corrected chi connectivity index (χ1v) is 5.56. The topological polar surface area (TPSA) is 67.6 Å². The minimum absolute atomic E-state index is 0.449. The summed E-state index contributed by atoms with van der Waals surface area (Å²) in [4.78, 5) is 0. The second-order valence-electron chi connectivity index (χ2n) is 3.87. The fraction of sp³-hybridized carbons (Fsp3) is 0.231. The summed E-state index contributed by atoms with van der Waals surface area (Å²) in [7, 11) is 0. The third-order valence-electron chi connectivity index (χ3n) is 2.68. The Kier molecular flexibility index (Phi) is 3.41. The quantitative estimate of drug-likeness (QED) is 0.866. The molecule has 0 aliphatic carbocycles. The molecule has 4 nitrogen and oxygen atoms in total. The summed E-state index contributed by atoms with van der Waals surface area (Å²) in [5.74, 6) is 0.459. The van der Waals surface area contributed by atoms with Gasteiger partial charge in [-0.25, -0.2) is 4.68 Å². The molecule has 0 bridgehead atoms. The van der Waals surface area contributed by atoms with Gasteiger partial charge < -0.3 is 5.73 Å². The SMILES string of the molecule is N#Cc1cnn(CCCc2ccccc2)c1N. The largest absolute Gasteiger partial charge is 0.383 e. The van der Waals surface area contributed by atoms with Crippen molar-refractivity contribution in [2.45, 2.75) is 19.4 Å². The van der Waals surface area contributed by atoms with Crippen LogP contribution in [0, 0.1) is 11.3 Å². The van der Waals surface area contributed by atoms with E-state index in [0.29, 0.717) is 11.4 Å². The van der Waals surface area contributed by atoms with Crippen molar-refractivity contribution in [3.63, 3.8) is 0 Å². The number of rotatable bonds is 4. The molecule has 17 heavy (non-hydrogen) atoms. The molecular weight excluding hydrogens is 212 g/mol. The normalized spacial score (nSPS) is 10.1. The highest BCUT2D eigenvalue weighted by molar-refractivity contribution is 5.47. The molecule has 1 heterocycles. The predicted molar refractivity (Wildman–Crippen MR) is 66.1 cm³/mol. The van der Waals surface area contributed by atoms with Gasteiger partial charge in [0.2, 0.25) is 0 Å². The van der Waals surface area contributed by atoms with Crippen molar-refractivity contribution >= 4 is 5.82 Å². The number of anilines is 1. The van der Waals surface area contributed by atoms with Crippen LogP contribution in [0.3, 0.4) is 0 Å². The highest BCUT2D eigenvalue weighted by atomic mass is 15.3. The lowest BCUT2D eigenvalue weighted by Gasteiger charge is -2.04. The van der Waals surface area contributed by atoms with E-state index in [-0.39, 0.29) is 0 Å². The van der Waals surface area contributed by atoms with Gasteiger partial charge in [-0.15, -0.1) is 0 Å². The van der Waals surface area contributed by atoms with Crippen molar-refractivity contribution in [3.05, 3.63) is 47.7 Å². The molecule has 0 aliphatic heterocycles. The number of nitrogen functional groups attached to an aromatic ring is 1. The summed E-state index contributed by atoms with van der Waals surface area (Å²) in [6, 6.07) is 12.3. The van der Waals surface area contributed by atoms with Crippen molar-refractivity contribution in [3.8, 4) is 6.07 Å². The van der Waals surface area contributed by atoms with Crippen LogP contribution in [-0.2, 0) is 13.0 Å². The van der Waals surface area contributed by atoms with Gasteiger partial charge in [0.25, 0.3) is 0 Å². The van der Waals surface area contributed by atoms with Gasteiger partial charge in [-0.1, -0.05) is 30.3 Å². The number of nitriles is 1. The van der Waals surface area contributed by atoms with Gasteiger partial charge in [0.15, 0.2) is 0 Å². The third-order valence-corrected chi connectivity index (χ3v) is 2.68. The fourth-order valence-corrected chi connectivity index (χ4v) is 1.74. The smallest absolute Gasteiger partial charge is 0.139 e. The number of hydrogen-bond acceptors (Lipinski definition) is 3. The summed E-state index contributed by atoms with van der Waals surface area (Å²) < 4.78 is 1.68. The van der Waals surface area contributed by atoms with Crippen LogP contribution in [-0.4, -0.2) is 9.78 Å². The van der Waals surface area contributed by atoms with E-state index in [1.807, 2.05) is 24.3 Å². The Bertz CT molecular complexity index is 522. The van der Waals surface area contributed by atoms with Crippen LogP contribution in [0.1, 0.15) is 17.5 Å². The number of nitrogens with zero attached hydrogens (tertiary/aromatic N) is 3. The Hall–Kier alpha value is -2.28. The average Bonchev–Trinajstić information content (AvgIpc) is 2.72. The summed E-state index contributed by atoms with van der Waals surface area (Å²) in [5, 5.41) is 12.8. The van der Waals surface area contributed by atoms with Crippen LogP contribution in [0.5, 0.6) is 0 Å². The highest BCUT2D eigenvalue weighted by Crippen LogP contribution is 2.11. The minimum atomic E-state index is 0.449. The van der Waals surface area contributed by atoms with Crippen LogP contribution in [0.15, 0.2) is 36.5 Å². The molecule has 0 saturated carbocycles. The van der Waals surface area contributed by atoms with Crippen molar-refractivity contribution < 1.29 is 0 Å². The van der Waals surface area contributed by atoms with Crippen LogP contribution < -0.4 is 5.73 Å². The Morgan fingerprint density at radius 1 is 1.29 bits per heavy atom. The van der Waals surface area contributed by atoms with Gasteiger partial charge in [-0.05, 0) is 18.4 Å². The second kappa shape index (κ2) is 5.17. The molecule has 86 valence electrons. The van der Waals surface area contributed by atoms with E-state index >= 15 is 0 Å². The van der Waals surface area contributed by atoms with Crippen molar-refractivity contribution in [2.24, 2.45) is 0 Å². The first-order chi connectivity index (χ1) is 8.31. The molecule has 0 unspecified atom stereocenters. The zero-order valence-corrected chi connectivity index (χ0v) is 9.50. The van der Waals surface area contributed by atoms with Gasteiger partial charge in [0, 0.05) is 6.54 Å². The summed E-state index contributed by atoms with van der Waals surface area (Å²) in [6.07, 6.45) is 3.46. The molecule has 0 atom stereocenters. The molecule has 1 aromatic heterocycles. The van der Waals surface area contributed by atoms with Crippen LogP contribution in [0.25, 0.3) is 0 Å². The molecule has 0 spiro atoms. The van der Waals surface area contributed by atoms with E-state index in [9.17, 15) is 0 Å². The molecule has 1 aromatic carbocycles. The van der Waals surface area contributed by atoms with Gasteiger partial charge in [-0.3, -0.25) is 0 Å². The predicted octanol–water partition coefficient (Wildman–Crippen LogP) is 1.97. The standard InChI is InChI=1S/C13H14N4/c14-9-12-10-16-17(13(12)15)8-4-7-11-5-2-1-3-6-11/h1-3,5-6,10H,4,7-8,15H2. The first-order valence-electron chi connectivity index (χ1n) is 5.56. The molecule has 2 N–H and O–H groups in total. The average molecular weight is 226 g/mol. The van der Waals surface area contributed by atoms with E-state index in [1.165, 1.54) is 11.8 Å². The van der Waals surface area contributed by atoms with E-state index in [4.69, 9.17) is 11.0 Å². The monoisotopic (exact) mass is 226 g/mol. The van der Waals surface area contributed by atoms with Gasteiger partial charge in [0.05, 0.1) is 6.20 Å². The Labute approximate surface area is 100 Å². The molecule has 0 radical (unpaired) electrons. The maximum atomic E-state index is 8.75.